The van der Waals surface area contributed by atoms with Crippen molar-refractivity contribution in [1.29, 1.82) is 0 Å². The second-order valence-corrected chi connectivity index (χ2v) is 41.6. The molecule has 8 amide bonds. The van der Waals surface area contributed by atoms with Crippen LogP contribution in [0.25, 0.3) is 0 Å². The fourth-order valence-electron chi connectivity index (χ4n) is 22.1. The smallest absolute Gasteiger partial charge is 0.257 e. The molecular formula is C111H143BrF4N8O11. The van der Waals surface area contributed by atoms with Gasteiger partial charge in [0.25, 0.3) is 29.5 Å². The number of hydrogen-bond donors (Lipinski definition) is 5. The molecule has 0 heterocycles. The van der Waals surface area contributed by atoms with E-state index in [-0.39, 0.29) is 136 Å². The average Bonchev–Trinajstić information content (AvgIpc) is 1.69. The average molecular weight is 1920 g/mol. The van der Waals surface area contributed by atoms with E-state index < -0.39 is 17.5 Å². The summed E-state index contributed by atoms with van der Waals surface area (Å²) >= 11 is 3.22. The Morgan fingerprint density at radius 1 is 0.393 bits per heavy atom. The third-order valence-corrected chi connectivity index (χ3v) is 31.0. The van der Waals surface area contributed by atoms with Gasteiger partial charge in [-0.2, -0.15) is 0 Å². The molecule has 0 spiro atoms. The third kappa shape index (κ3) is 27.6. The number of amides is 8. The second kappa shape index (κ2) is 47.5. The molecule has 7 aromatic rings. The molecule has 17 rings (SSSR count). The number of hydrogen-bond acceptors (Lipinski definition) is 11. The zero-order valence-corrected chi connectivity index (χ0v) is 81.6. The van der Waals surface area contributed by atoms with Crippen molar-refractivity contribution in [3.63, 3.8) is 0 Å². The van der Waals surface area contributed by atoms with E-state index in [4.69, 9.17) is 21.9 Å². The Balaban J connectivity index is 0.000000143. The molecule has 10 fully saturated rings. The van der Waals surface area contributed by atoms with Crippen LogP contribution in [0.4, 0.5) is 17.6 Å². The molecule has 0 aliphatic heterocycles. The maximum atomic E-state index is 14.5. The highest BCUT2D eigenvalue weighted by Gasteiger charge is 2.48. The van der Waals surface area contributed by atoms with Crippen LogP contribution in [0.1, 0.15) is 343 Å². The van der Waals surface area contributed by atoms with Gasteiger partial charge in [-0.3, -0.25) is 38.4 Å². The van der Waals surface area contributed by atoms with Crippen LogP contribution in [0.15, 0.2) is 156 Å². The summed E-state index contributed by atoms with van der Waals surface area (Å²) in [5.74, 6) is -0.0318. The zero-order chi connectivity index (χ0) is 96.4. The number of nitrogens with zero attached hydrogens (tertiary/aromatic N) is 5. The second-order valence-electron chi connectivity index (χ2n) is 40.7. The molecule has 135 heavy (non-hydrogen) atoms. The lowest BCUT2D eigenvalue weighted by atomic mass is 9.66. The number of carbonyl (C=O) groups is 8. The molecule has 10 aliphatic rings. The minimum Gasteiger partial charge on any atom is -0.497 e. The molecule has 0 bridgehead atoms. The minimum atomic E-state index is -0.484. The number of halogens is 5. The Hall–Kier alpha value is -9.78. The lowest BCUT2D eigenvalue weighted by molar-refractivity contribution is -0.120. The number of methoxy groups -OCH3 is 1. The van der Waals surface area contributed by atoms with Crippen molar-refractivity contribution in [2.45, 2.75) is 349 Å². The van der Waals surface area contributed by atoms with Crippen LogP contribution in [0.2, 0.25) is 0 Å². The van der Waals surface area contributed by atoms with Gasteiger partial charge in [0.15, 0.2) is 0 Å². The Bertz CT molecular complexity index is 5140. The van der Waals surface area contributed by atoms with E-state index in [1.165, 1.54) is 47.0 Å². The lowest BCUT2D eigenvalue weighted by Crippen LogP contribution is -2.47. The standard InChI is InChI=1S/C27H34FNO2.C25H29F2NO2.C22H32N2O2.C19H26N2O3.C18H22BrFN2O2/c1-3-20-5-7-21(8-6-20)27(16-17-30)14-12-23(13-15-27)29(22-9-10-22)26(31)24-11-4-19(2)18-25(24)28;1-17-2-9-22(23(27)16-17)24(30)28(20-7-8-20)21-10-12-25(13-11-21,14-15-29)18-3-5-19(26)6-4-18;1-15(2)17-6-8-18(9-7-17)22(26)24(20-12-13-20)19-10-3-16(4-11-19)5-14-21(23)25;1-24-17-10-4-14(5-11-17)19(23)21(16-8-9-16)15-6-2-13(3-7-15)12-18(20)22;19-12-3-8-15(16(20)10-12)18(24)22(14-6-7-14)13-4-1-11(2-5-13)9-17(21)23/h4-8,11,18,22-23,30H,3,9-10,12-17H2,1-2H3;2-6,9,16,20-21,29H,7-8,10-15H2,1H3;6-9,15-16,19-20H,3-5,10-14H2,1-2H3,(H2,23,25);4-5,10-11,13,15-16H,2-3,6-9,12H2,1H3,(H2,20,22);3,8,10-11,13-14H,1-2,4-7,9H2,(H2,21,23). The van der Waals surface area contributed by atoms with Gasteiger partial charge in [0.05, 0.1) is 23.8 Å². The van der Waals surface area contributed by atoms with Crippen molar-refractivity contribution in [3.05, 3.63) is 241 Å². The number of benzene rings is 7. The first-order valence-electron chi connectivity index (χ1n) is 50.2. The van der Waals surface area contributed by atoms with Gasteiger partial charge in [0, 0.05) is 108 Å². The number of primary amides is 3. The van der Waals surface area contributed by atoms with Crippen LogP contribution in [0.3, 0.4) is 0 Å². The molecular weight excluding hydrogens is 1780 g/mol. The van der Waals surface area contributed by atoms with E-state index in [2.05, 4.69) is 82.9 Å². The van der Waals surface area contributed by atoms with E-state index in [0.717, 1.165) is 245 Å². The Labute approximate surface area is 804 Å². The van der Waals surface area contributed by atoms with Crippen molar-refractivity contribution < 1.29 is 70.9 Å². The number of aliphatic hydroxyl groups excluding tert-OH is 2. The van der Waals surface area contributed by atoms with Crippen LogP contribution < -0.4 is 21.9 Å². The monoisotopic (exact) mass is 1920 g/mol. The van der Waals surface area contributed by atoms with Crippen LogP contribution in [-0.2, 0) is 31.6 Å². The predicted octanol–water partition coefficient (Wildman–Crippen LogP) is 21.3. The molecule has 0 radical (unpaired) electrons. The molecule has 10 saturated carbocycles. The van der Waals surface area contributed by atoms with Gasteiger partial charge in [-0.15, -0.1) is 0 Å². The summed E-state index contributed by atoms with van der Waals surface area (Å²) in [7, 11) is 1.62. The summed E-state index contributed by atoms with van der Waals surface area (Å²) in [5, 5.41) is 19.5. The molecule has 0 unspecified atom stereocenters. The van der Waals surface area contributed by atoms with Gasteiger partial charge < -0.3 is 56.7 Å². The normalized spacial score (nSPS) is 23.6. The largest absolute Gasteiger partial charge is 0.497 e. The predicted molar refractivity (Wildman–Crippen MR) is 523 cm³/mol. The van der Waals surface area contributed by atoms with E-state index in [1.807, 2.05) is 83.1 Å². The van der Waals surface area contributed by atoms with Crippen LogP contribution in [-0.4, -0.2) is 163 Å². The summed E-state index contributed by atoms with van der Waals surface area (Å²) < 4.78 is 62.4. The summed E-state index contributed by atoms with van der Waals surface area (Å²) in [5.41, 5.74) is 24.2. The van der Waals surface area contributed by atoms with E-state index >= 15 is 0 Å². The van der Waals surface area contributed by atoms with Crippen LogP contribution >= 0.6 is 15.9 Å². The Kier molecular flexibility index (Phi) is 36.1. The van der Waals surface area contributed by atoms with E-state index in [9.17, 15) is 66.1 Å². The summed E-state index contributed by atoms with van der Waals surface area (Å²) in [6.45, 7) is 10.4. The van der Waals surface area contributed by atoms with Crippen LogP contribution in [0.5, 0.6) is 5.75 Å². The SMILES string of the molecule is CC(C)c1ccc(C(=O)N(C2CCC(CCC(N)=O)CC2)C2CC2)cc1.CCc1ccc(C2(CCO)CCC(N(C(=O)c3ccc(C)cc3F)C3CC3)CC2)cc1.COc1ccc(C(=O)N(C2CCC(CC(N)=O)CC2)C2CC2)cc1.Cc1ccc(C(=O)N(C2CC2)C2CCC(CCO)(c3ccc(F)cc3)CC2)c(F)c1.NC(=O)CC1CCC(N(C(=O)c2ccc(Br)cc2F)C2CC2)CC1. The Morgan fingerprint density at radius 2 is 0.704 bits per heavy atom. The molecule has 728 valence electrons. The first-order chi connectivity index (χ1) is 64.9. The summed E-state index contributed by atoms with van der Waals surface area (Å²) in [6.07, 6.45) is 33.7. The van der Waals surface area contributed by atoms with Crippen molar-refractivity contribution in [3.8, 4) is 5.75 Å². The van der Waals surface area contributed by atoms with Gasteiger partial charge in [0.1, 0.15) is 29.0 Å². The highest BCUT2D eigenvalue weighted by atomic mass is 79.9. The molecule has 24 heteroatoms. The van der Waals surface area contributed by atoms with Crippen molar-refractivity contribution in [1.82, 2.24) is 24.5 Å². The number of ether oxygens (including phenoxy) is 1. The molecule has 19 nitrogen and oxygen atoms in total. The molecule has 0 saturated heterocycles. The molecule has 0 aromatic heterocycles. The van der Waals surface area contributed by atoms with Gasteiger partial charge >= 0.3 is 0 Å². The summed E-state index contributed by atoms with van der Waals surface area (Å²) in [6, 6.07) is 47.7. The fourth-order valence-corrected chi connectivity index (χ4v) is 22.4. The minimum absolute atomic E-state index is 0.0368. The topological polar surface area (TPSA) is 281 Å². The quantitative estimate of drug-likeness (QED) is 0.0255. The van der Waals surface area contributed by atoms with Crippen LogP contribution in [0, 0.1) is 54.9 Å². The first kappa shape index (κ1) is 103. The Morgan fingerprint density at radius 3 is 1.01 bits per heavy atom. The van der Waals surface area contributed by atoms with Crippen molar-refractivity contribution in [2.75, 3.05) is 20.3 Å². The van der Waals surface area contributed by atoms with Gasteiger partial charge in [-0.25, -0.2) is 17.6 Å². The molecule has 10 aliphatic carbocycles. The number of nitrogens with two attached hydrogens (primary N) is 3. The summed E-state index contributed by atoms with van der Waals surface area (Å²) in [4.78, 5) is 109. The number of aliphatic hydroxyl groups is 2. The highest BCUT2D eigenvalue weighted by molar-refractivity contribution is 9.10. The molecule has 7 aromatic carbocycles. The first-order valence-corrected chi connectivity index (χ1v) is 51.0. The van der Waals surface area contributed by atoms with Crippen molar-refractivity contribution in [2.24, 2.45) is 35.0 Å². The number of carbonyl (C=O) groups excluding carboxylic acids is 8. The third-order valence-electron chi connectivity index (χ3n) is 30.5. The highest BCUT2D eigenvalue weighted by Crippen LogP contribution is 2.49. The maximum Gasteiger partial charge on any atom is 0.257 e. The molecule has 8 N–H and O–H groups in total. The van der Waals surface area contributed by atoms with E-state index in [1.54, 1.807) is 37.4 Å². The van der Waals surface area contributed by atoms with Gasteiger partial charge in [-0.05, 0) is 391 Å². The van der Waals surface area contributed by atoms with E-state index in [0.29, 0.717) is 72.0 Å². The van der Waals surface area contributed by atoms with Gasteiger partial charge in [-0.1, -0.05) is 97.4 Å². The number of aryl methyl sites for hydroxylation is 3. The van der Waals surface area contributed by atoms with Gasteiger partial charge in [0.2, 0.25) is 17.7 Å². The maximum absolute atomic E-state index is 14.5. The number of rotatable bonds is 31. The zero-order valence-electron chi connectivity index (χ0n) is 80.0. The van der Waals surface area contributed by atoms with Crippen molar-refractivity contribution >= 4 is 63.2 Å². The molecule has 0 atom stereocenters. The lowest BCUT2D eigenvalue weighted by Gasteiger charge is -2.44. The fraction of sp³-hybridized carbons (Fsp3) is 0.550.